The Labute approximate surface area is 57.6 Å². The molecule has 0 bridgehead atoms. The average molecular weight is 309 g/mol. The molecule has 1 nitrogen and oxygen atoms in total. The summed E-state index contributed by atoms with van der Waals surface area (Å²) < 4.78 is 0. The van der Waals surface area contributed by atoms with E-state index in [0.717, 1.165) is 0 Å². The summed E-state index contributed by atoms with van der Waals surface area (Å²) in [5.74, 6) is 0. The molecular formula is C2H7BrNW-. The van der Waals surface area contributed by atoms with Crippen LogP contribution >= 0.6 is 17.0 Å². The van der Waals surface area contributed by atoms with Gasteiger partial charge in [-0.3, -0.25) is 0 Å². The molecular weight excluding hydrogens is 302 g/mol. The first-order valence-electron chi connectivity index (χ1n) is 0.894. The Morgan fingerprint density at radius 2 is 1.20 bits per heavy atom. The van der Waals surface area contributed by atoms with E-state index < -0.39 is 0 Å². The number of hydrogen-bond donors (Lipinski definition) is 0. The normalized spacial score (nSPS) is 3.60. The van der Waals surface area contributed by atoms with Crippen molar-refractivity contribution in [2.24, 2.45) is 0 Å². The molecule has 0 radical (unpaired) electrons. The zero-order valence-corrected chi connectivity index (χ0v) is 7.91. The van der Waals surface area contributed by atoms with Crippen molar-refractivity contribution in [1.82, 2.24) is 0 Å². The second-order valence-corrected chi connectivity index (χ2v) is 0.447. The Balaban J connectivity index is -0.0000000200. The van der Waals surface area contributed by atoms with E-state index in [4.69, 9.17) is 0 Å². The summed E-state index contributed by atoms with van der Waals surface area (Å²) in [4.78, 5) is 0. The monoisotopic (exact) mass is 308 g/mol. The van der Waals surface area contributed by atoms with Gasteiger partial charge in [0.25, 0.3) is 0 Å². The van der Waals surface area contributed by atoms with E-state index in [2.05, 4.69) is 5.32 Å². The summed E-state index contributed by atoms with van der Waals surface area (Å²) in [5.41, 5.74) is 0. The molecule has 0 N–H and O–H groups in total. The minimum absolute atomic E-state index is 0. The maximum atomic E-state index is 3.50. The quantitative estimate of drug-likeness (QED) is 0.638. The van der Waals surface area contributed by atoms with Crippen molar-refractivity contribution < 1.29 is 21.1 Å². The van der Waals surface area contributed by atoms with Gasteiger partial charge in [0.15, 0.2) is 0 Å². The van der Waals surface area contributed by atoms with Crippen LogP contribution < -0.4 is 0 Å². The minimum atomic E-state index is 0. The fourth-order valence-electron chi connectivity index (χ4n) is 0. The zero-order chi connectivity index (χ0) is 2.71. The van der Waals surface area contributed by atoms with Gasteiger partial charge in [-0.2, -0.15) is 14.1 Å². The molecule has 0 rings (SSSR count). The Hall–Kier alpha value is 1.13. The molecule has 0 fully saturated rings. The van der Waals surface area contributed by atoms with E-state index in [0.29, 0.717) is 0 Å². The number of nitrogens with zero attached hydrogens (tertiary/aromatic N) is 1. The molecule has 0 aliphatic carbocycles. The maximum absolute atomic E-state index is 3.50. The summed E-state index contributed by atoms with van der Waals surface area (Å²) in [6, 6.07) is 0. The van der Waals surface area contributed by atoms with Crippen LogP contribution in [0.3, 0.4) is 0 Å². The van der Waals surface area contributed by atoms with Crippen molar-refractivity contribution in [3.63, 3.8) is 0 Å². The molecule has 0 atom stereocenters. The third kappa shape index (κ3) is 39.4. The van der Waals surface area contributed by atoms with Crippen molar-refractivity contribution in [3.8, 4) is 0 Å². The van der Waals surface area contributed by atoms with Crippen LogP contribution in [0.4, 0.5) is 0 Å². The van der Waals surface area contributed by atoms with E-state index in [1.165, 1.54) is 0 Å². The van der Waals surface area contributed by atoms with Gasteiger partial charge in [-0.25, -0.2) is 0 Å². The van der Waals surface area contributed by atoms with Crippen molar-refractivity contribution in [2.75, 3.05) is 14.1 Å². The molecule has 0 spiro atoms. The van der Waals surface area contributed by atoms with Gasteiger partial charge in [0.2, 0.25) is 0 Å². The van der Waals surface area contributed by atoms with Crippen LogP contribution in [-0.2, 0) is 21.1 Å². The molecule has 5 heavy (non-hydrogen) atoms. The van der Waals surface area contributed by atoms with Crippen LogP contribution in [0.25, 0.3) is 5.32 Å². The maximum Gasteiger partial charge on any atom is 0 e. The summed E-state index contributed by atoms with van der Waals surface area (Å²) >= 11 is 0. The Kier molecular flexibility index (Phi) is 63.6. The van der Waals surface area contributed by atoms with E-state index in [9.17, 15) is 0 Å². The first-order chi connectivity index (χ1) is 1.41. The minimum Gasteiger partial charge on any atom is -0.668 e. The average Bonchev–Trinajstić information content (AvgIpc) is 0.918. The molecule has 0 aromatic carbocycles. The van der Waals surface area contributed by atoms with Gasteiger partial charge in [0.05, 0.1) is 0 Å². The van der Waals surface area contributed by atoms with Gasteiger partial charge in [0.1, 0.15) is 0 Å². The molecule has 0 saturated carbocycles. The van der Waals surface area contributed by atoms with Crippen molar-refractivity contribution in [3.05, 3.63) is 5.32 Å². The first-order valence-corrected chi connectivity index (χ1v) is 0.894. The Morgan fingerprint density at radius 3 is 1.20 bits per heavy atom. The molecule has 0 unspecified atom stereocenters. The smallest absolute Gasteiger partial charge is 0 e. The van der Waals surface area contributed by atoms with Gasteiger partial charge >= 0.3 is 0 Å². The van der Waals surface area contributed by atoms with Crippen molar-refractivity contribution in [2.45, 2.75) is 0 Å². The molecule has 0 saturated heterocycles. The third-order valence-corrected chi connectivity index (χ3v) is 0. The van der Waals surface area contributed by atoms with Crippen LogP contribution in [0.5, 0.6) is 0 Å². The third-order valence-electron chi connectivity index (χ3n) is 0. The van der Waals surface area contributed by atoms with E-state index in [-0.39, 0.29) is 38.0 Å². The van der Waals surface area contributed by atoms with Crippen LogP contribution in [0.15, 0.2) is 0 Å². The topological polar surface area (TPSA) is 14.1 Å². The van der Waals surface area contributed by atoms with Crippen LogP contribution in [0, 0.1) is 0 Å². The summed E-state index contributed by atoms with van der Waals surface area (Å²) in [6.07, 6.45) is 0. The largest absolute Gasteiger partial charge is 0.668 e. The predicted octanol–water partition coefficient (Wildman–Crippen LogP) is 1.20. The van der Waals surface area contributed by atoms with Gasteiger partial charge < -0.3 is 5.32 Å². The predicted molar refractivity (Wildman–Crippen MR) is 25.5 cm³/mol. The standard InChI is InChI=1S/C2H6N.BrH.W/c1-3-2;;/h1-2H3;1H;/q-1;;. The Morgan fingerprint density at radius 1 is 1.20 bits per heavy atom. The number of hydrogen-bond acceptors (Lipinski definition) is 0. The molecule has 0 aliphatic rings. The van der Waals surface area contributed by atoms with Gasteiger partial charge in [0, 0.05) is 21.1 Å². The number of rotatable bonds is 0. The van der Waals surface area contributed by atoms with Gasteiger partial charge in [-0.05, 0) is 0 Å². The second-order valence-electron chi connectivity index (χ2n) is 0.447. The van der Waals surface area contributed by atoms with E-state index in [1.807, 2.05) is 0 Å². The Bertz CT molecular complexity index is 9.61. The van der Waals surface area contributed by atoms with E-state index >= 15 is 0 Å². The number of halogens is 1. The molecule has 0 aromatic heterocycles. The zero-order valence-electron chi connectivity index (χ0n) is 3.26. The van der Waals surface area contributed by atoms with Crippen molar-refractivity contribution in [1.29, 1.82) is 0 Å². The summed E-state index contributed by atoms with van der Waals surface area (Å²) in [6.45, 7) is 0. The SMILES string of the molecule is Br.C[N-]C.[W]. The van der Waals surface area contributed by atoms with Gasteiger partial charge in [-0.15, -0.1) is 17.0 Å². The molecule has 0 amide bonds. The fraction of sp³-hybridized carbons (Fsp3) is 1.00. The molecule has 0 heterocycles. The van der Waals surface area contributed by atoms with Crippen molar-refractivity contribution >= 4 is 17.0 Å². The molecule has 3 heteroatoms. The molecule has 34 valence electrons. The van der Waals surface area contributed by atoms with Gasteiger partial charge in [-0.1, -0.05) is 0 Å². The molecule has 0 aliphatic heterocycles. The van der Waals surface area contributed by atoms with Crippen LogP contribution in [0.1, 0.15) is 0 Å². The van der Waals surface area contributed by atoms with Crippen LogP contribution in [-0.4, -0.2) is 14.1 Å². The molecule has 0 aromatic rings. The second kappa shape index (κ2) is 19.3. The fourth-order valence-corrected chi connectivity index (χ4v) is 0. The first kappa shape index (κ1) is 16.5. The summed E-state index contributed by atoms with van der Waals surface area (Å²) in [7, 11) is 3.50. The van der Waals surface area contributed by atoms with Crippen LogP contribution in [0.2, 0.25) is 0 Å². The van der Waals surface area contributed by atoms with E-state index in [1.54, 1.807) is 14.1 Å². The summed E-state index contributed by atoms with van der Waals surface area (Å²) in [5, 5.41) is 3.50.